The van der Waals surface area contributed by atoms with Crippen molar-refractivity contribution in [1.82, 2.24) is 10.2 Å². The van der Waals surface area contributed by atoms with Crippen LogP contribution in [0.1, 0.15) is 40.0 Å². The van der Waals surface area contributed by atoms with Crippen LogP contribution in [0.3, 0.4) is 0 Å². The molecule has 0 unspecified atom stereocenters. The smallest absolute Gasteiger partial charge is 0.0107 e. The van der Waals surface area contributed by atoms with Crippen molar-refractivity contribution in [2.45, 2.75) is 40.0 Å². The molecule has 0 bridgehead atoms. The van der Waals surface area contributed by atoms with Crippen LogP contribution >= 0.6 is 0 Å². The normalized spacial score (nSPS) is 20.0. The van der Waals surface area contributed by atoms with E-state index in [0.717, 1.165) is 11.8 Å². The maximum absolute atomic E-state index is 3.47. The molecule has 15 heavy (non-hydrogen) atoms. The Balaban J connectivity index is 2.04. The molecule has 90 valence electrons. The molecule has 1 saturated heterocycles. The summed E-state index contributed by atoms with van der Waals surface area (Å²) < 4.78 is 0. The molecule has 0 aliphatic carbocycles. The second-order valence-corrected chi connectivity index (χ2v) is 5.17. The Bertz CT molecular complexity index is 149. The summed E-state index contributed by atoms with van der Waals surface area (Å²) in [5.74, 6) is 1.86. The molecule has 0 saturated carbocycles. The summed E-state index contributed by atoms with van der Waals surface area (Å²) in [7, 11) is 0. The maximum atomic E-state index is 3.47. The van der Waals surface area contributed by atoms with E-state index in [1.807, 2.05) is 0 Å². The summed E-state index contributed by atoms with van der Waals surface area (Å²) in [6.07, 6.45) is 4.06. The minimum absolute atomic E-state index is 0.880. The number of hydrogen-bond acceptors (Lipinski definition) is 2. The third kappa shape index (κ3) is 4.98. The Morgan fingerprint density at radius 1 is 1.20 bits per heavy atom. The van der Waals surface area contributed by atoms with Gasteiger partial charge in [-0.3, -0.25) is 0 Å². The molecule has 0 atom stereocenters. The lowest BCUT2D eigenvalue weighted by atomic mass is 9.87. The standard InChI is InChI=1S/C13H28N2/c1-4-7-14-8-11-15-9-5-13(6-10-15)12(2)3/h12-14H,4-11H2,1-3H3. The zero-order valence-corrected chi connectivity index (χ0v) is 10.8. The Morgan fingerprint density at radius 3 is 2.40 bits per heavy atom. The Kier molecular flexibility index (Phi) is 6.26. The fraction of sp³-hybridized carbons (Fsp3) is 1.00. The second-order valence-electron chi connectivity index (χ2n) is 5.17. The van der Waals surface area contributed by atoms with E-state index < -0.39 is 0 Å². The molecule has 2 nitrogen and oxygen atoms in total. The van der Waals surface area contributed by atoms with Gasteiger partial charge in [0.15, 0.2) is 0 Å². The number of hydrogen-bond donors (Lipinski definition) is 1. The van der Waals surface area contributed by atoms with Crippen molar-refractivity contribution in [3.8, 4) is 0 Å². The van der Waals surface area contributed by atoms with Crippen molar-refractivity contribution in [3.63, 3.8) is 0 Å². The van der Waals surface area contributed by atoms with E-state index in [1.54, 1.807) is 0 Å². The van der Waals surface area contributed by atoms with Crippen LogP contribution in [0, 0.1) is 11.8 Å². The van der Waals surface area contributed by atoms with Crippen molar-refractivity contribution in [3.05, 3.63) is 0 Å². The van der Waals surface area contributed by atoms with Crippen molar-refractivity contribution in [2.75, 3.05) is 32.7 Å². The van der Waals surface area contributed by atoms with Gasteiger partial charge >= 0.3 is 0 Å². The summed E-state index contributed by atoms with van der Waals surface area (Å²) in [4.78, 5) is 2.61. The molecule has 2 heteroatoms. The molecular weight excluding hydrogens is 184 g/mol. The topological polar surface area (TPSA) is 15.3 Å². The first-order chi connectivity index (χ1) is 7.24. The molecular formula is C13H28N2. The van der Waals surface area contributed by atoms with E-state index in [4.69, 9.17) is 0 Å². The SMILES string of the molecule is CCCNCCN1CCC(C(C)C)CC1. The average molecular weight is 212 g/mol. The second kappa shape index (κ2) is 7.24. The number of nitrogens with zero attached hydrogens (tertiary/aromatic N) is 1. The van der Waals surface area contributed by atoms with Crippen molar-refractivity contribution in [1.29, 1.82) is 0 Å². The van der Waals surface area contributed by atoms with E-state index >= 15 is 0 Å². The van der Waals surface area contributed by atoms with Crippen LogP contribution in [0.5, 0.6) is 0 Å². The van der Waals surface area contributed by atoms with Gasteiger partial charge < -0.3 is 10.2 Å². The lowest BCUT2D eigenvalue weighted by molar-refractivity contribution is 0.158. The maximum Gasteiger partial charge on any atom is 0.0107 e. The first kappa shape index (κ1) is 13.0. The highest BCUT2D eigenvalue weighted by molar-refractivity contribution is 4.74. The van der Waals surface area contributed by atoms with E-state index in [1.165, 1.54) is 52.0 Å². The average Bonchev–Trinajstić information content (AvgIpc) is 2.25. The zero-order chi connectivity index (χ0) is 11.1. The van der Waals surface area contributed by atoms with Crippen LogP contribution in [0.4, 0.5) is 0 Å². The number of piperidine rings is 1. The highest BCUT2D eigenvalue weighted by atomic mass is 15.1. The van der Waals surface area contributed by atoms with Gasteiger partial charge in [0.1, 0.15) is 0 Å². The van der Waals surface area contributed by atoms with E-state index in [-0.39, 0.29) is 0 Å². The summed E-state index contributed by atoms with van der Waals surface area (Å²) >= 11 is 0. The predicted molar refractivity (Wildman–Crippen MR) is 67.2 cm³/mol. The first-order valence-corrected chi connectivity index (χ1v) is 6.67. The summed E-state index contributed by atoms with van der Waals surface area (Å²) in [5.41, 5.74) is 0. The lowest BCUT2D eigenvalue weighted by Crippen LogP contribution is -2.39. The zero-order valence-electron chi connectivity index (χ0n) is 10.8. The molecule has 0 aromatic heterocycles. The molecule has 1 aliphatic heterocycles. The minimum atomic E-state index is 0.880. The molecule has 0 aromatic rings. The lowest BCUT2D eigenvalue weighted by Gasteiger charge is -2.33. The first-order valence-electron chi connectivity index (χ1n) is 6.67. The summed E-state index contributed by atoms with van der Waals surface area (Å²) in [6.45, 7) is 13.2. The van der Waals surface area contributed by atoms with Crippen LogP contribution < -0.4 is 5.32 Å². The molecule has 0 radical (unpaired) electrons. The van der Waals surface area contributed by atoms with Gasteiger partial charge in [-0.25, -0.2) is 0 Å². The third-order valence-electron chi connectivity index (χ3n) is 3.61. The van der Waals surface area contributed by atoms with Crippen LogP contribution in [0.2, 0.25) is 0 Å². The quantitative estimate of drug-likeness (QED) is 0.680. The van der Waals surface area contributed by atoms with Gasteiger partial charge in [0.2, 0.25) is 0 Å². The summed E-state index contributed by atoms with van der Waals surface area (Å²) in [6, 6.07) is 0. The Morgan fingerprint density at radius 2 is 1.87 bits per heavy atom. The highest BCUT2D eigenvalue weighted by Crippen LogP contribution is 2.23. The molecule has 1 heterocycles. The van der Waals surface area contributed by atoms with Crippen molar-refractivity contribution in [2.24, 2.45) is 11.8 Å². The monoisotopic (exact) mass is 212 g/mol. The van der Waals surface area contributed by atoms with Crippen LogP contribution in [0.15, 0.2) is 0 Å². The van der Waals surface area contributed by atoms with Gasteiger partial charge in [-0.15, -0.1) is 0 Å². The fourth-order valence-corrected chi connectivity index (χ4v) is 2.38. The predicted octanol–water partition coefficient (Wildman–Crippen LogP) is 2.35. The third-order valence-corrected chi connectivity index (χ3v) is 3.61. The summed E-state index contributed by atoms with van der Waals surface area (Å²) in [5, 5.41) is 3.47. The van der Waals surface area contributed by atoms with E-state index in [2.05, 4.69) is 31.0 Å². The molecule has 1 rings (SSSR count). The van der Waals surface area contributed by atoms with Gasteiger partial charge in [-0.05, 0) is 50.7 Å². The molecule has 0 spiro atoms. The number of likely N-dealkylation sites (tertiary alicyclic amines) is 1. The van der Waals surface area contributed by atoms with Crippen molar-refractivity contribution >= 4 is 0 Å². The number of rotatable bonds is 6. The van der Waals surface area contributed by atoms with Crippen LogP contribution in [-0.2, 0) is 0 Å². The van der Waals surface area contributed by atoms with Crippen molar-refractivity contribution < 1.29 is 0 Å². The molecule has 1 aliphatic rings. The Labute approximate surface area is 95.4 Å². The Hall–Kier alpha value is -0.0800. The molecule has 1 N–H and O–H groups in total. The molecule has 0 aromatic carbocycles. The van der Waals surface area contributed by atoms with Gasteiger partial charge in [0, 0.05) is 13.1 Å². The number of nitrogens with one attached hydrogen (secondary N) is 1. The van der Waals surface area contributed by atoms with E-state index in [9.17, 15) is 0 Å². The highest BCUT2D eigenvalue weighted by Gasteiger charge is 2.20. The molecule has 0 amide bonds. The largest absolute Gasteiger partial charge is 0.315 e. The van der Waals surface area contributed by atoms with Gasteiger partial charge in [0.25, 0.3) is 0 Å². The van der Waals surface area contributed by atoms with Gasteiger partial charge in [-0.1, -0.05) is 20.8 Å². The van der Waals surface area contributed by atoms with Crippen LogP contribution in [-0.4, -0.2) is 37.6 Å². The fourth-order valence-electron chi connectivity index (χ4n) is 2.38. The molecule has 1 fully saturated rings. The van der Waals surface area contributed by atoms with Gasteiger partial charge in [-0.2, -0.15) is 0 Å². The van der Waals surface area contributed by atoms with E-state index in [0.29, 0.717) is 0 Å². The minimum Gasteiger partial charge on any atom is -0.315 e. The van der Waals surface area contributed by atoms with Gasteiger partial charge in [0.05, 0.1) is 0 Å². The van der Waals surface area contributed by atoms with Crippen LogP contribution in [0.25, 0.3) is 0 Å².